The van der Waals surface area contributed by atoms with Crippen molar-refractivity contribution in [1.82, 2.24) is 9.03 Å². The molecule has 4 N–H and O–H groups in total. The van der Waals surface area contributed by atoms with Crippen molar-refractivity contribution in [2.24, 2.45) is 10.9 Å². The predicted molar refractivity (Wildman–Crippen MR) is 60.4 cm³/mol. The second-order valence-corrected chi connectivity index (χ2v) is 5.39. The van der Waals surface area contributed by atoms with Gasteiger partial charge in [0.2, 0.25) is 0 Å². The average Bonchev–Trinajstić information content (AvgIpc) is 3.01. The summed E-state index contributed by atoms with van der Waals surface area (Å²) in [4.78, 5) is 0. The van der Waals surface area contributed by atoms with E-state index in [9.17, 15) is 8.42 Å². The Morgan fingerprint density at radius 3 is 2.69 bits per heavy atom. The number of oxime groups is 1. The zero-order valence-electron chi connectivity index (χ0n) is 9.26. The third-order valence-corrected chi connectivity index (χ3v) is 4.06. The van der Waals surface area contributed by atoms with E-state index in [0.717, 1.165) is 12.8 Å². The van der Waals surface area contributed by atoms with Crippen LogP contribution in [0.4, 0.5) is 0 Å². The average molecular weight is 250 g/mol. The van der Waals surface area contributed by atoms with Crippen molar-refractivity contribution in [3.05, 3.63) is 0 Å². The van der Waals surface area contributed by atoms with E-state index in [1.54, 1.807) is 6.92 Å². The van der Waals surface area contributed by atoms with Crippen molar-refractivity contribution in [3.8, 4) is 0 Å². The van der Waals surface area contributed by atoms with E-state index in [1.165, 1.54) is 4.31 Å². The molecule has 0 amide bonds. The number of amidine groups is 1. The maximum atomic E-state index is 11.8. The second-order valence-electron chi connectivity index (χ2n) is 3.69. The van der Waals surface area contributed by atoms with Crippen LogP contribution < -0.4 is 10.5 Å². The number of nitrogens with zero attached hydrogens (tertiary/aromatic N) is 2. The van der Waals surface area contributed by atoms with Crippen LogP contribution in [0.1, 0.15) is 26.2 Å². The van der Waals surface area contributed by atoms with Gasteiger partial charge in [0.25, 0.3) is 10.2 Å². The summed E-state index contributed by atoms with van der Waals surface area (Å²) < 4.78 is 27.4. The first-order valence-electron chi connectivity index (χ1n) is 5.24. The molecule has 1 aliphatic carbocycles. The molecule has 1 fully saturated rings. The van der Waals surface area contributed by atoms with Crippen LogP contribution >= 0.6 is 0 Å². The van der Waals surface area contributed by atoms with E-state index in [4.69, 9.17) is 10.9 Å². The Balaban J connectivity index is 2.61. The van der Waals surface area contributed by atoms with Crippen LogP contribution in [-0.4, -0.2) is 42.9 Å². The number of nitrogens with one attached hydrogen (secondary N) is 1. The quantitative estimate of drug-likeness (QED) is 0.243. The molecular formula is C8H18N4O3S. The molecule has 1 rings (SSSR count). The number of nitrogens with two attached hydrogens (primary N) is 1. The van der Waals surface area contributed by atoms with Crippen molar-refractivity contribution >= 4 is 16.0 Å². The summed E-state index contributed by atoms with van der Waals surface area (Å²) in [6.45, 7) is 2.33. The Morgan fingerprint density at radius 1 is 1.62 bits per heavy atom. The normalized spacial score (nSPS) is 18.0. The second kappa shape index (κ2) is 5.46. The number of hydrogen-bond acceptors (Lipinski definition) is 4. The van der Waals surface area contributed by atoms with Gasteiger partial charge >= 0.3 is 0 Å². The van der Waals surface area contributed by atoms with E-state index in [-0.39, 0.29) is 24.8 Å². The van der Waals surface area contributed by atoms with Gasteiger partial charge in [-0.25, -0.2) is 4.72 Å². The van der Waals surface area contributed by atoms with Gasteiger partial charge in [0.05, 0.1) is 0 Å². The first-order chi connectivity index (χ1) is 7.51. The first kappa shape index (κ1) is 13.2. The topological polar surface area (TPSA) is 108 Å². The highest BCUT2D eigenvalue weighted by Gasteiger charge is 2.36. The smallest absolute Gasteiger partial charge is 0.279 e. The molecule has 0 radical (unpaired) electrons. The Labute approximate surface area is 95.5 Å². The van der Waals surface area contributed by atoms with Gasteiger partial charge in [-0.3, -0.25) is 0 Å². The van der Waals surface area contributed by atoms with Gasteiger partial charge in [0.1, 0.15) is 5.84 Å². The van der Waals surface area contributed by atoms with Crippen molar-refractivity contribution < 1.29 is 13.6 Å². The lowest BCUT2D eigenvalue weighted by molar-refractivity contribution is 0.315. The Bertz CT molecular complexity index is 350. The van der Waals surface area contributed by atoms with Gasteiger partial charge in [-0.1, -0.05) is 12.1 Å². The molecular weight excluding hydrogens is 232 g/mol. The molecule has 0 aromatic rings. The lowest BCUT2D eigenvalue weighted by Gasteiger charge is -2.21. The number of hydrogen-bond donors (Lipinski definition) is 3. The Morgan fingerprint density at radius 2 is 2.25 bits per heavy atom. The molecule has 94 valence electrons. The fourth-order valence-corrected chi connectivity index (χ4v) is 2.87. The highest BCUT2D eigenvalue weighted by atomic mass is 32.2. The van der Waals surface area contributed by atoms with E-state index in [1.807, 2.05) is 0 Å². The summed E-state index contributed by atoms with van der Waals surface area (Å²) in [5.74, 6) is 0.0392. The summed E-state index contributed by atoms with van der Waals surface area (Å²) in [5, 5.41) is 11.2. The van der Waals surface area contributed by atoms with E-state index >= 15 is 0 Å². The molecule has 7 nitrogen and oxygen atoms in total. The zero-order chi connectivity index (χ0) is 12.2. The van der Waals surface area contributed by atoms with E-state index in [0.29, 0.717) is 6.54 Å². The largest absolute Gasteiger partial charge is 0.409 e. The zero-order valence-corrected chi connectivity index (χ0v) is 10.1. The Hall–Kier alpha value is -0.860. The molecule has 16 heavy (non-hydrogen) atoms. The fourth-order valence-electron chi connectivity index (χ4n) is 1.40. The molecule has 8 heteroatoms. The van der Waals surface area contributed by atoms with Crippen molar-refractivity contribution in [1.29, 1.82) is 0 Å². The SMILES string of the molecule is CCNS(=O)(=O)N(CCC(N)=NO)C1CC1. The Kier molecular flexibility index (Phi) is 4.51. The molecule has 0 aliphatic heterocycles. The minimum Gasteiger partial charge on any atom is -0.409 e. The van der Waals surface area contributed by atoms with Gasteiger partial charge in [-0.15, -0.1) is 0 Å². The molecule has 1 saturated carbocycles. The predicted octanol–water partition coefficient (Wildman–Crippen LogP) is -0.558. The lowest BCUT2D eigenvalue weighted by atomic mass is 10.4. The highest BCUT2D eigenvalue weighted by molar-refractivity contribution is 7.87. The third kappa shape index (κ3) is 3.62. The van der Waals surface area contributed by atoms with Gasteiger partial charge in [0.15, 0.2) is 0 Å². The van der Waals surface area contributed by atoms with Gasteiger partial charge in [-0.2, -0.15) is 12.7 Å². The maximum Gasteiger partial charge on any atom is 0.279 e. The lowest BCUT2D eigenvalue weighted by Crippen LogP contribution is -2.43. The molecule has 0 saturated heterocycles. The minimum absolute atomic E-state index is 0.0392. The van der Waals surface area contributed by atoms with Crippen LogP contribution in [0.5, 0.6) is 0 Å². The molecule has 0 unspecified atom stereocenters. The molecule has 1 aliphatic rings. The summed E-state index contributed by atoms with van der Waals surface area (Å²) >= 11 is 0. The minimum atomic E-state index is -3.42. The van der Waals surface area contributed by atoms with Gasteiger partial charge in [-0.05, 0) is 12.8 Å². The summed E-state index contributed by atoms with van der Waals surface area (Å²) in [7, 11) is -3.42. The summed E-state index contributed by atoms with van der Waals surface area (Å²) in [5.41, 5.74) is 5.32. The third-order valence-electron chi connectivity index (χ3n) is 2.31. The molecule has 0 bridgehead atoms. The summed E-state index contributed by atoms with van der Waals surface area (Å²) in [6, 6.07) is 0.0653. The molecule has 0 heterocycles. The monoisotopic (exact) mass is 250 g/mol. The van der Waals surface area contributed by atoms with Crippen molar-refractivity contribution in [2.75, 3.05) is 13.1 Å². The van der Waals surface area contributed by atoms with Gasteiger partial charge < -0.3 is 10.9 Å². The van der Waals surface area contributed by atoms with Crippen LogP contribution in [0.2, 0.25) is 0 Å². The summed E-state index contributed by atoms with van der Waals surface area (Å²) in [6.07, 6.45) is 1.99. The molecule has 0 atom stereocenters. The fraction of sp³-hybridized carbons (Fsp3) is 0.875. The van der Waals surface area contributed by atoms with E-state index in [2.05, 4.69) is 9.88 Å². The van der Waals surface area contributed by atoms with Crippen LogP contribution in [0.3, 0.4) is 0 Å². The standard InChI is InChI=1S/C8H18N4O3S/c1-2-10-16(14,15)12(7-3-4-7)6-5-8(9)11-13/h7,10,13H,2-6H2,1H3,(H2,9,11). The van der Waals surface area contributed by atoms with Crippen LogP contribution in [0.25, 0.3) is 0 Å². The van der Waals surface area contributed by atoms with Crippen LogP contribution in [-0.2, 0) is 10.2 Å². The van der Waals surface area contributed by atoms with E-state index < -0.39 is 10.2 Å². The van der Waals surface area contributed by atoms with Crippen molar-refractivity contribution in [3.63, 3.8) is 0 Å². The van der Waals surface area contributed by atoms with Crippen LogP contribution in [0, 0.1) is 0 Å². The molecule has 0 spiro atoms. The highest BCUT2D eigenvalue weighted by Crippen LogP contribution is 2.28. The first-order valence-corrected chi connectivity index (χ1v) is 6.68. The van der Waals surface area contributed by atoms with Gasteiger partial charge in [0, 0.05) is 25.6 Å². The van der Waals surface area contributed by atoms with Crippen LogP contribution in [0.15, 0.2) is 5.16 Å². The molecule has 0 aromatic heterocycles. The van der Waals surface area contributed by atoms with Crippen molar-refractivity contribution in [2.45, 2.75) is 32.2 Å². The maximum absolute atomic E-state index is 11.8. The molecule has 0 aromatic carbocycles. The number of rotatable bonds is 7.